The highest BCUT2D eigenvalue weighted by molar-refractivity contribution is 6.74. The summed E-state index contributed by atoms with van der Waals surface area (Å²) < 4.78 is 11.4. The minimum Gasteiger partial charge on any atom is -0.543 e. The van der Waals surface area contributed by atoms with Gasteiger partial charge in [-0.05, 0) is 36.2 Å². The van der Waals surface area contributed by atoms with E-state index in [0.29, 0.717) is 12.8 Å². The van der Waals surface area contributed by atoms with Crippen molar-refractivity contribution in [1.29, 1.82) is 0 Å². The highest BCUT2D eigenvalue weighted by atomic mass is 28.4. The summed E-state index contributed by atoms with van der Waals surface area (Å²) in [4.78, 5) is 24.8. The van der Waals surface area contributed by atoms with Crippen LogP contribution in [0.1, 0.15) is 39.7 Å². The second-order valence-electron chi connectivity index (χ2n) is 7.74. The molecule has 1 amide bonds. The summed E-state index contributed by atoms with van der Waals surface area (Å²) in [5, 5.41) is 0.0934. The first kappa shape index (κ1) is 18.5. The Kier molecular flexibility index (Phi) is 5.08. The van der Waals surface area contributed by atoms with Crippen LogP contribution in [0.4, 0.5) is 5.69 Å². The summed E-state index contributed by atoms with van der Waals surface area (Å²) in [6, 6.07) is 5.88. The van der Waals surface area contributed by atoms with Crippen LogP contribution in [0.25, 0.3) is 0 Å². The second-order valence-corrected chi connectivity index (χ2v) is 12.5. The number of hydrogen-bond donors (Lipinski definition) is 0. The van der Waals surface area contributed by atoms with Gasteiger partial charge in [-0.3, -0.25) is 14.5 Å². The zero-order chi connectivity index (χ0) is 18.1. The van der Waals surface area contributed by atoms with Crippen molar-refractivity contribution in [2.45, 2.75) is 58.7 Å². The Labute approximate surface area is 145 Å². The topological polar surface area (TPSA) is 55.8 Å². The Bertz CT molecular complexity index is 649. The minimum atomic E-state index is -1.96. The average Bonchev–Trinajstić information content (AvgIpc) is 2.44. The maximum absolute atomic E-state index is 12.2. The van der Waals surface area contributed by atoms with Crippen LogP contribution in [-0.4, -0.2) is 26.9 Å². The number of anilines is 1. The van der Waals surface area contributed by atoms with Gasteiger partial charge in [-0.1, -0.05) is 26.8 Å². The Morgan fingerprint density at radius 3 is 2.50 bits per heavy atom. The summed E-state index contributed by atoms with van der Waals surface area (Å²) in [5.41, 5.74) is 1.85. The number of benzene rings is 1. The van der Waals surface area contributed by atoms with Crippen LogP contribution >= 0.6 is 0 Å². The summed E-state index contributed by atoms with van der Waals surface area (Å²) in [6.07, 6.45) is 1.13. The third-order valence-corrected chi connectivity index (χ3v) is 9.19. The van der Waals surface area contributed by atoms with Gasteiger partial charge in [0, 0.05) is 19.4 Å². The molecule has 0 fully saturated rings. The van der Waals surface area contributed by atoms with Crippen LogP contribution in [0.2, 0.25) is 18.1 Å². The number of esters is 1. The molecule has 24 heavy (non-hydrogen) atoms. The zero-order valence-electron chi connectivity index (χ0n) is 15.4. The van der Waals surface area contributed by atoms with E-state index in [1.165, 1.54) is 11.8 Å². The van der Waals surface area contributed by atoms with Crippen molar-refractivity contribution < 1.29 is 18.8 Å². The molecule has 6 heteroatoms. The summed E-state index contributed by atoms with van der Waals surface area (Å²) >= 11 is 0. The van der Waals surface area contributed by atoms with Gasteiger partial charge in [-0.2, -0.15) is 0 Å². The van der Waals surface area contributed by atoms with Crippen LogP contribution in [-0.2, 0) is 20.7 Å². The third kappa shape index (κ3) is 3.98. The predicted octanol–water partition coefficient (Wildman–Crippen LogP) is 3.87. The number of ether oxygens (including phenoxy) is 1. The lowest BCUT2D eigenvalue weighted by molar-refractivity contribution is -0.141. The lowest BCUT2D eigenvalue weighted by atomic mass is 10.0. The van der Waals surface area contributed by atoms with Gasteiger partial charge in [0.05, 0.1) is 5.69 Å². The number of rotatable bonds is 4. The van der Waals surface area contributed by atoms with Crippen LogP contribution in [0, 0.1) is 0 Å². The number of aryl methyl sites for hydroxylation is 1. The van der Waals surface area contributed by atoms with E-state index in [0.717, 1.165) is 17.0 Å². The molecule has 2 rings (SSSR count). The van der Waals surface area contributed by atoms with Gasteiger partial charge in [0.2, 0.25) is 14.2 Å². The van der Waals surface area contributed by atoms with Gasteiger partial charge in [-0.25, -0.2) is 0 Å². The van der Waals surface area contributed by atoms with Crippen molar-refractivity contribution in [3.63, 3.8) is 0 Å². The Balaban J connectivity index is 2.30. The van der Waals surface area contributed by atoms with Gasteiger partial charge in [-0.15, -0.1) is 0 Å². The van der Waals surface area contributed by atoms with E-state index >= 15 is 0 Å². The zero-order valence-corrected chi connectivity index (χ0v) is 16.4. The van der Waals surface area contributed by atoms with E-state index in [2.05, 4.69) is 33.9 Å². The van der Waals surface area contributed by atoms with Crippen molar-refractivity contribution in [2.75, 3.05) is 11.6 Å². The van der Waals surface area contributed by atoms with E-state index in [1.807, 2.05) is 18.2 Å². The van der Waals surface area contributed by atoms with Gasteiger partial charge in [0.25, 0.3) is 0 Å². The molecule has 0 saturated heterocycles. The van der Waals surface area contributed by atoms with E-state index in [1.54, 1.807) is 0 Å². The fourth-order valence-corrected chi connectivity index (χ4v) is 3.35. The molecule has 1 heterocycles. The van der Waals surface area contributed by atoms with E-state index in [4.69, 9.17) is 9.16 Å². The fraction of sp³-hybridized carbons (Fsp3) is 0.556. The molecule has 0 radical (unpaired) electrons. The maximum atomic E-state index is 12.2. The SMILES string of the molecule is CC(=O)OCN1C(=O)CCc2ccc(O[Si](C)(C)C(C)(C)C)cc21. The highest BCUT2D eigenvalue weighted by Crippen LogP contribution is 2.39. The molecule has 5 nitrogen and oxygen atoms in total. The maximum Gasteiger partial charge on any atom is 0.304 e. The molecule has 1 aliphatic heterocycles. The molecule has 0 bridgehead atoms. The largest absolute Gasteiger partial charge is 0.543 e. The molecule has 1 aliphatic rings. The molecule has 1 aromatic carbocycles. The van der Waals surface area contributed by atoms with Crippen LogP contribution in [0.5, 0.6) is 5.75 Å². The first-order valence-electron chi connectivity index (χ1n) is 8.27. The smallest absolute Gasteiger partial charge is 0.304 e. The number of amides is 1. The van der Waals surface area contributed by atoms with Crippen molar-refractivity contribution >= 4 is 25.9 Å². The quantitative estimate of drug-likeness (QED) is 0.611. The molecule has 0 saturated carbocycles. The lowest BCUT2D eigenvalue weighted by Gasteiger charge is -2.37. The molecular weight excluding hydrogens is 322 g/mol. The monoisotopic (exact) mass is 349 g/mol. The highest BCUT2D eigenvalue weighted by Gasteiger charge is 2.39. The first-order valence-corrected chi connectivity index (χ1v) is 11.2. The summed E-state index contributed by atoms with van der Waals surface area (Å²) in [5.74, 6) is 0.333. The number of hydrogen-bond acceptors (Lipinski definition) is 4. The Morgan fingerprint density at radius 1 is 1.25 bits per heavy atom. The molecule has 0 unspecified atom stereocenters. The Hall–Kier alpha value is -1.82. The molecule has 0 aromatic heterocycles. The van der Waals surface area contributed by atoms with Crippen molar-refractivity contribution in [3.8, 4) is 5.75 Å². The van der Waals surface area contributed by atoms with Crippen LogP contribution < -0.4 is 9.33 Å². The van der Waals surface area contributed by atoms with Gasteiger partial charge < -0.3 is 9.16 Å². The molecule has 132 valence electrons. The van der Waals surface area contributed by atoms with Gasteiger partial charge in [0.1, 0.15) is 5.75 Å². The molecule has 1 aromatic rings. The van der Waals surface area contributed by atoms with Crippen molar-refractivity contribution in [3.05, 3.63) is 23.8 Å². The summed E-state index contributed by atoms with van der Waals surface area (Å²) in [7, 11) is -1.96. The normalized spacial score (nSPS) is 15.1. The van der Waals surface area contributed by atoms with Crippen molar-refractivity contribution in [2.24, 2.45) is 0 Å². The summed E-state index contributed by atoms with van der Waals surface area (Å²) in [6.45, 7) is 12.2. The number of carbonyl (C=O) groups is 2. The second kappa shape index (κ2) is 6.59. The van der Waals surface area contributed by atoms with Gasteiger partial charge in [0.15, 0.2) is 6.73 Å². The van der Waals surface area contributed by atoms with Crippen molar-refractivity contribution in [1.82, 2.24) is 0 Å². The lowest BCUT2D eigenvalue weighted by Crippen LogP contribution is -2.44. The molecule has 0 spiro atoms. The minimum absolute atomic E-state index is 0.0340. The third-order valence-electron chi connectivity index (χ3n) is 4.83. The van der Waals surface area contributed by atoms with E-state index < -0.39 is 14.3 Å². The Morgan fingerprint density at radius 2 is 1.92 bits per heavy atom. The van der Waals surface area contributed by atoms with E-state index in [-0.39, 0.29) is 17.7 Å². The fourth-order valence-electron chi connectivity index (χ4n) is 2.33. The van der Waals surface area contributed by atoms with Crippen LogP contribution in [0.3, 0.4) is 0 Å². The molecular formula is C18H27NO4Si. The standard InChI is InChI=1S/C18H27NO4Si/c1-13(20)22-12-19-16-11-15(23-24(5,6)18(2,3)4)9-7-14(16)8-10-17(19)21/h7,9,11H,8,10,12H2,1-6H3. The predicted molar refractivity (Wildman–Crippen MR) is 96.7 cm³/mol. The average molecular weight is 350 g/mol. The molecule has 0 atom stereocenters. The molecule has 0 aliphatic carbocycles. The number of carbonyl (C=O) groups excluding carboxylic acids is 2. The number of nitrogens with zero attached hydrogens (tertiary/aromatic N) is 1. The van der Waals surface area contributed by atoms with Crippen LogP contribution in [0.15, 0.2) is 18.2 Å². The number of fused-ring (bicyclic) bond motifs is 1. The first-order chi connectivity index (χ1) is 11.0. The van der Waals surface area contributed by atoms with Gasteiger partial charge >= 0.3 is 5.97 Å². The van der Waals surface area contributed by atoms with E-state index in [9.17, 15) is 9.59 Å². The molecule has 0 N–H and O–H groups in total.